The van der Waals surface area contributed by atoms with Crippen molar-refractivity contribution in [3.63, 3.8) is 0 Å². The van der Waals surface area contributed by atoms with E-state index in [9.17, 15) is 9.59 Å². The Morgan fingerprint density at radius 2 is 1.48 bits per heavy atom. The molecule has 0 aliphatic carbocycles. The van der Waals surface area contributed by atoms with Gasteiger partial charge in [0, 0.05) is 12.0 Å². The van der Waals surface area contributed by atoms with E-state index < -0.39 is 0 Å². The lowest BCUT2D eigenvalue weighted by Gasteiger charge is -2.10. The monoisotopic (exact) mass is 288 g/mol. The van der Waals surface area contributed by atoms with Crippen molar-refractivity contribution in [2.75, 3.05) is 0 Å². The van der Waals surface area contributed by atoms with Crippen LogP contribution in [0, 0.1) is 20.8 Å². The minimum atomic E-state index is -0.0245. The molecule has 21 heavy (non-hydrogen) atoms. The number of unbranched alkanes of at least 4 members (excludes halogenated alkanes) is 4. The normalized spacial score (nSPS) is 10.7. The van der Waals surface area contributed by atoms with Gasteiger partial charge in [-0.3, -0.25) is 9.59 Å². The molecule has 0 saturated carbocycles. The largest absolute Gasteiger partial charge is 0.299 e. The Balaban J connectivity index is 2.52. The van der Waals surface area contributed by atoms with Crippen molar-refractivity contribution in [2.45, 2.75) is 72.6 Å². The van der Waals surface area contributed by atoms with Crippen LogP contribution in [0.2, 0.25) is 0 Å². The Morgan fingerprint density at radius 3 is 2.05 bits per heavy atom. The van der Waals surface area contributed by atoms with Crippen LogP contribution in [0.25, 0.3) is 0 Å². The van der Waals surface area contributed by atoms with Gasteiger partial charge in [0.2, 0.25) is 0 Å². The highest BCUT2D eigenvalue weighted by Gasteiger charge is 2.16. The zero-order chi connectivity index (χ0) is 15.8. The highest BCUT2D eigenvalue weighted by atomic mass is 16.1. The first kappa shape index (κ1) is 17.6. The standard InChI is InChI=1S/C19H28O2/c1-5-6-7-8-9-10-17(20)13-18(21)19-15(3)11-14(2)12-16(19)4/h11-12H,5-10,13H2,1-4H3. The zero-order valence-electron chi connectivity index (χ0n) is 13.9. The summed E-state index contributed by atoms with van der Waals surface area (Å²) in [6.07, 6.45) is 6.23. The summed E-state index contributed by atoms with van der Waals surface area (Å²) in [6, 6.07) is 4.02. The van der Waals surface area contributed by atoms with Gasteiger partial charge in [0.25, 0.3) is 0 Å². The SMILES string of the molecule is CCCCCCCC(=O)CC(=O)c1c(C)cc(C)cc1C. The topological polar surface area (TPSA) is 34.1 Å². The van der Waals surface area contributed by atoms with Crippen LogP contribution in [-0.4, -0.2) is 11.6 Å². The minimum Gasteiger partial charge on any atom is -0.299 e. The summed E-state index contributed by atoms with van der Waals surface area (Å²) in [5.41, 5.74) is 3.85. The molecule has 1 rings (SSSR count). The fraction of sp³-hybridized carbons (Fsp3) is 0.579. The fourth-order valence-electron chi connectivity index (χ4n) is 2.90. The van der Waals surface area contributed by atoms with E-state index in [2.05, 4.69) is 6.92 Å². The first-order chi connectivity index (χ1) is 9.95. The average Bonchev–Trinajstić information content (AvgIpc) is 2.37. The molecule has 0 atom stereocenters. The van der Waals surface area contributed by atoms with E-state index in [4.69, 9.17) is 0 Å². The van der Waals surface area contributed by atoms with E-state index in [1.807, 2.05) is 32.9 Å². The maximum Gasteiger partial charge on any atom is 0.170 e. The Hall–Kier alpha value is -1.44. The van der Waals surface area contributed by atoms with Crippen molar-refractivity contribution in [2.24, 2.45) is 0 Å². The van der Waals surface area contributed by atoms with E-state index in [0.29, 0.717) is 6.42 Å². The van der Waals surface area contributed by atoms with E-state index in [-0.39, 0.29) is 18.0 Å². The van der Waals surface area contributed by atoms with E-state index in [1.165, 1.54) is 19.3 Å². The molecule has 0 amide bonds. The molecule has 0 aromatic heterocycles. The molecule has 2 heteroatoms. The molecule has 1 aromatic carbocycles. The number of hydrogen-bond donors (Lipinski definition) is 0. The number of aryl methyl sites for hydroxylation is 3. The van der Waals surface area contributed by atoms with Crippen LogP contribution in [0.1, 0.15) is 78.9 Å². The molecule has 0 radical (unpaired) electrons. The van der Waals surface area contributed by atoms with Crippen molar-refractivity contribution >= 4 is 11.6 Å². The van der Waals surface area contributed by atoms with Crippen LogP contribution in [0.4, 0.5) is 0 Å². The van der Waals surface area contributed by atoms with Crippen LogP contribution >= 0.6 is 0 Å². The Bertz CT molecular complexity index is 477. The van der Waals surface area contributed by atoms with Gasteiger partial charge in [-0.15, -0.1) is 0 Å². The van der Waals surface area contributed by atoms with Gasteiger partial charge >= 0.3 is 0 Å². The van der Waals surface area contributed by atoms with Gasteiger partial charge in [-0.2, -0.15) is 0 Å². The summed E-state index contributed by atoms with van der Waals surface area (Å²) in [4.78, 5) is 24.3. The van der Waals surface area contributed by atoms with Gasteiger partial charge in [-0.05, 0) is 38.3 Å². The van der Waals surface area contributed by atoms with Gasteiger partial charge in [-0.1, -0.05) is 50.3 Å². The molecule has 0 unspecified atom stereocenters. The molecule has 0 aliphatic heterocycles. The van der Waals surface area contributed by atoms with E-state index >= 15 is 0 Å². The second kappa shape index (κ2) is 8.76. The van der Waals surface area contributed by atoms with Crippen molar-refractivity contribution in [1.29, 1.82) is 0 Å². The lowest BCUT2D eigenvalue weighted by molar-refractivity contribution is -0.118. The summed E-state index contributed by atoms with van der Waals surface area (Å²) >= 11 is 0. The first-order valence-electron chi connectivity index (χ1n) is 8.08. The van der Waals surface area contributed by atoms with Crippen molar-refractivity contribution in [3.05, 3.63) is 34.4 Å². The quantitative estimate of drug-likeness (QED) is 0.359. The summed E-state index contributed by atoms with van der Waals surface area (Å²) in [7, 11) is 0. The maximum atomic E-state index is 12.3. The molecule has 0 fully saturated rings. The van der Waals surface area contributed by atoms with E-state index in [0.717, 1.165) is 35.1 Å². The molecular formula is C19H28O2. The van der Waals surface area contributed by atoms with Gasteiger partial charge in [0.15, 0.2) is 5.78 Å². The van der Waals surface area contributed by atoms with Crippen molar-refractivity contribution in [3.8, 4) is 0 Å². The Morgan fingerprint density at radius 1 is 0.905 bits per heavy atom. The zero-order valence-corrected chi connectivity index (χ0v) is 13.9. The predicted octanol–water partition coefficient (Wildman–Crippen LogP) is 5.11. The lowest BCUT2D eigenvalue weighted by atomic mass is 9.93. The third-order valence-electron chi connectivity index (χ3n) is 3.87. The number of benzene rings is 1. The second-order valence-electron chi connectivity index (χ2n) is 6.08. The number of carbonyl (C=O) groups excluding carboxylic acids is 2. The van der Waals surface area contributed by atoms with E-state index in [1.54, 1.807) is 0 Å². The molecule has 0 bridgehead atoms. The van der Waals surface area contributed by atoms with Crippen LogP contribution in [0.15, 0.2) is 12.1 Å². The summed E-state index contributed by atoms with van der Waals surface area (Å²) in [6.45, 7) is 8.09. The van der Waals surface area contributed by atoms with Crippen molar-refractivity contribution < 1.29 is 9.59 Å². The highest BCUT2D eigenvalue weighted by Crippen LogP contribution is 2.19. The molecule has 0 heterocycles. The van der Waals surface area contributed by atoms with Gasteiger partial charge in [-0.25, -0.2) is 0 Å². The molecule has 0 N–H and O–H groups in total. The minimum absolute atomic E-state index is 0.0245. The van der Waals surface area contributed by atoms with Gasteiger partial charge < -0.3 is 0 Å². The number of Topliss-reactive ketones (excluding diaryl/α,β-unsaturated/α-hetero) is 2. The average molecular weight is 288 g/mol. The fourth-order valence-corrected chi connectivity index (χ4v) is 2.90. The smallest absolute Gasteiger partial charge is 0.170 e. The van der Waals surface area contributed by atoms with Crippen LogP contribution in [0.3, 0.4) is 0 Å². The lowest BCUT2D eigenvalue weighted by Crippen LogP contribution is -2.11. The predicted molar refractivity (Wildman–Crippen MR) is 88.0 cm³/mol. The Kier molecular flexibility index (Phi) is 7.35. The summed E-state index contributed by atoms with van der Waals surface area (Å²) < 4.78 is 0. The summed E-state index contributed by atoms with van der Waals surface area (Å²) in [5.74, 6) is 0.0550. The van der Waals surface area contributed by atoms with Crippen LogP contribution in [0.5, 0.6) is 0 Å². The molecule has 0 spiro atoms. The third kappa shape index (κ3) is 5.82. The van der Waals surface area contributed by atoms with Crippen LogP contribution in [-0.2, 0) is 4.79 Å². The number of hydrogen-bond acceptors (Lipinski definition) is 2. The first-order valence-corrected chi connectivity index (χ1v) is 8.08. The molecule has 0 aliphatic rings. The Labute approximate surface area is 128 Å². The highest BCUT2D eigenvalue weighted by molar-refractivity contribution is 6.09. The number of ketones is 2. The van der Waals surface area contributed by atoms with Gasteiger partial charge in [0.05, 0.1) is 6.42 Å². The van der Waals surface area contributed by atoms with Gasteiger partial charge in [0.1, 0.15) is 5.78 Å². The molecule has 0 saturated heterocycles. The van der Waals surface area contributed by atoms with Crippen molar-refractivity contribution in [1.82, 2.24) is 0 Å². The number of carbonyl (C=O) groups is 2. The molecule has 2 nitrogen and oxygen atoms in total. The molecule has 1 aromatic rings. The molecule has 116 valence electrons. The summed E-state index contributed by atoms with van der Waals surface area (Å²) in [5, 5.41) is 0. The maximum absolute atomic E-state index is 12.3. The molecular weight excluding hydrogens is 260 g/mol. The third-order valence-corrected chi connectivity index (χ3v) is 3.87. The number of rotatable bonds is 9. The second-order valence-corrected chi connectivity index (χ2v) is 6.08. The van der Waals surface area contributed by atoms with Crippen LogP contribution < -0.4 is 0 Å².